The highest BCUT2D eigenvalue weighted by Gasteiger charge is 2.33. The molecule has 0 saturated carbocycles. The monoisotopic (exact) mass is 421 g/mol. The second-order valence-electron chi connectivity index (χ2n) is 4.13. The summed E-state index contributed by atoms with van der Waals surface area (Å²) in [6.07, 6.45) is -4.49. The zero-order valence-electron chi connectivity index (χ0n) is 10.3. The minimum Gasteiger partial charge on any atom is -0.322 e. The van der Waals surface area contributed by atoms with Crippen LogP contribution in [-0.2, 0) is 6.18 Å². The molecule has 0 unspecified atom stereocenters. The van der Waals surface area contributed by atoms with E-state index < -0.39 is 17.6 Å². The Hall–Kier alpha value is -1.34. The molecule has 0 atom stereocenters. The van der Waals surface area contributed by atoms with E-state index in [1.165, 1.54) is 12.1 Å². The van der Waals surface area contributed by atoms with Gasteiger partial charge in [-0.3, -0.25) is 4.79 Å². The number of carbonyl (C=O) groups is 1. The van der Waals surface area contributed by atoms with Gasteiger partial charge in [-0.25, -0.2) is 0 Å². The number of rotatable bonds is 2. The first-order chi connectivity index (χ1) is 9.79. The van der Waals surface area contributed by atoms with Crippen LogP contribution in [0.5, 0.6) is 0 Å². The van der Waals surface area contributed by atoms with Crippen molar-refractivity contribution < 1.29 is 18.0 Å². The quantitative estimate of drug-likeness (QED) is 0.681. The molecule has 2 aromatic rings. The van der Waals surface area contributed by atoms with Crippen molar-refractivity contribution in [1.29, 1.82) is 0 Å². The van der Waals surface area contributed by atoms with Crippen LogP contribution in [0.15, 0.2) is 51.4 Å². The molecule has 1 N–H and O–H groups in total. The minimum absolute atomic E-state index is 0.0751. The van der Waals surface area contributed by atoms with Gasteiger partial charge in [-0.15, -0.1) is 0 Å². The van der Waals surface area contributed by atoms with Crippen LogP contribution in [0.1, 0.15) is 15.9 Å². The normalized spacial score (nSPS) is 11.3. The summed E-state index contributed by atoms with van der Waals surface area (Å²) in [5.74, 6) is -0.488. The summed E-state index contributed by atoms with van der Waals surface area (Å²) >= 11 is 6.07. The third kappa shape index (κ3) is 3.85. The Balaban J connectivity index is 2.29. The van der Waals surface area contributed by atoms with Gasteiger partial charge in [-0.2, -0.15) is 13.2 Å². The third-order valence-corrected chi connectivity index (χ3v) is 4.03. The highest BCUT2D eigenvalue weighted by Crippen LogP contribution is 2.36. The molecule has 0 spiro atoms. The molecule has 2 nitrogen and oxygen atoms in total. The van der Waals surface area contributed by atoms with Crippen molar-refractivity contribution in [3.63, 3.8) is 0 Å². The van der Waals surface area contributed by atoms with Gasteiger partial charge >= 0.3 is 6.18 Å². The summed E-state index contributed by atoms with van der Waals surface area (Å²) in [6.45, 7) is 0. The topological polar surface area (TPSA) is 29.1 Å². The zero-order valence-corrected chi connectivity index (χ0v) is 13.5. The van der Waals surface area contributed by atoms with Crippen molar-refractivity contribution in [2.75, 3.05) is 5.32 Å². The van der Waals surface area contributed by atoms with E-state index >= 15 is 0 Å². The summed E-state index contributed by atoms with van der Waals surface area (Å²) < 4.78 is 38.9. The molecule has 0 fully saturated rings. The van der Waals surface area contributed by atoms with Crippen LogP contribution in [0.2, 0.25) is 0 Å². The molecule has 7 heteroatoms. The van der Waals surface area contributed by atoms with Crippen molar-refractivity contribution in [2.45, 2.75) is 6.18 Å². The van der Waals surface area contributed by atoms with E-state index in [0.717, 1.165) is 6.07 Å². The molecule has 0 aliphatic heterocycles. The SMILES string of the molecule is O=C(Nc1ccc(Br)c(C(F)(F)F)c1)c1ccccc1Br. The molecule has 2 aromatic carbocycles. The van der Waals surface area contributed by atoms with Gasteiger partial charge in [0.15, 0.2) is 0 Å². The lowest BCUT2D eigenvalue weighted by atomic mass is 10.1. The third-order valence-electron chi connectivity index (χ3n) is 2.65. The largest absolute Gasteiger partial charge is 0.417 e. The number of anilines is 1. The van der Waals surface area contributed by atoms with Gasteiger partial charge in [0.05, 0.1) is 11.1 Å². The van der Waals surface area contributed by atoms with Gasteiger partial charge in [0.2, 0.25) is 0 Å². The van der Waals surface area contributed by atoms with Crippen molar-refractivity contribution in [3.05, 3.63) is 62.5 Å². The first-order valence-electron chi connectivity index (χ1n) is 5.71. The van der Waals surface area contributed by atoms with Crippen LogP contribution in [0.25, 0.3) is 0 Å². The number of alkyl halides is 3. The van der Waals surface area contributed by atoms with Gasteiger partial charge in [-0.1, -0.05) is 28.1 Å². The Bertz CT molecular complexity index is 686. The molecular weight excluding hydrogens is 415 g/mol. The molecule has 0 saturated heterocycles. The fourth-order valence-corrected chi connectivity index (χ4v) is 2.60. The van der Waals surface area contributed by atoms with Gasteiger partial charge in [-0.05, 0) is 46.3 Å². The predicted octanol–water partition coefficient (Wildman–Crippen LogP) is 5.48. The molecule has 0 radical (unpaired) electrons. The van der Waals surface area contributed by atoms with Gasteiger partial charge in [0.1, 0.15) is 0 Å². The van der Waals surface area contributed by atoms with Crippen LogP contribution in [0, 0.1) is 0 Å². The average molecular weight is 423 g/mol. The summed E-state index contributed by atoms with van der Waals surface area (Å²) in [5, 5.41) is 2.45. The van der Waals surface area contributed by atoms with E-state index in [2.05, 4.69) is 37.2 Å². The first kappa shape index (κ1) is 16.0. The molecule has 0 aliphatic carbocycles. The Labute approximate surface area is 135 Å². The molecule has 0 aliphatic rings. The second kappa shape index (κ2) is 6.19. The Morgan fingerprint density at radius 1 is 1.00 bits per heavy atom. The number of nitrogens with one attached hydrogen (secondary N) is 1. The minimum atomic E-state index is -4.49. The summed E-state index contributed by atoms with van der Waals surface area (Å²) in [5.41, 5.74) is -0.423. The van der Waals surface area contributed by atoms with Crippen molar-refractivity contribution >= 4 is 43.5 Å². The molecule has 1 amide bonds. The maximum atomic E-state index is 12.8. The summed E-state index contributed by atoms with van der Waals surface area (Å²) in [7, 11) is 0. The molecule has 110 valence electrons. The van der Waals surface area contributed by atoms with Crippen LogP contribution in [0.4, 0.5) is 18.9 Å². The highest BCUT2D eigenvalue weighted by molar-refractivity contribution is 9.10. The van der Waals surface area contributed by atoms with Crippen LogP contribution >= 0.6 is 31.9 Å². The number of amides is 1. The lowest BCUT2D eigenvalue weighted by molar-refractivity contribution is -0.138. The standard InChI is InChI=1S/C14H8Br2F3NO/c15-11-4-2-1-3-9(11)13(21)20-8-5-6-12(16)10(7-8)14(17,18)19/h1-7H,(H,20,21). The van der Waals surface area contributed by atoms with E-state index in [1.807, 2.05) is 0 Å². The van der Waals surface area contributed by atoms with E-state index in [0.29, 0.717) is 10.0 Å². The van der Waals surface area contributed by atoms with E-state index in [9.17, 15) is 18.0 Å². The molecule has 0 aromatic heterocycles. The fourth-order valence-electron chi connectivity index (χ4n) is 1.66. The van der Waals surface area contributed by atoms with Gasteiger partial charge in [0, 0.05) is 14.6 Å². The van der Waals surface area contributed by atoms with Crippen LogP contribution in [-0.4, -0.2) is 5.91 Å². The number of hydrogen-bond acceptors (Lipinski definition) is 1. The van der Waals surface area contributed by atoms with Gasteiger partial charge in [0.25, 0.3) is 5.91 Å². The molecule has 2 rings (SSSR count). The number of carbonyl (C=O) groups excluding carboxylic acids is 1. The zero-order chi connectivity index (χ0) is 15.6. The Morgan fingerprint density at radius 2 is 1.67 bits per heavy atom. The summed E-state index contributed by atoms with van der Waals surface area (Å²) in [6, 6.07) is 10.2. The predicted molar refractivity (Wildman–Crippen MR) is 81.2 cm³/mol. The van der Waals surface area contributed by atoms with E-state index in [1.54, 1.807) is 24.3 Å². The van der Waals surface area contributed by atoms with Crippen LogP contribution in [0.3, 0.4) is 0 Å². The number of hydrogen-bond donors (Lipinski definition) is 1. The maximum absolute atomic E-state index is 12.8. The van der Waals surface area contributed by atoms with Gasteiger partial charge < -0.3 is 5.32 Å². The molecule has 0 bridgehead atoms. The lowest BCUT2D eigenvalue weighted by Crippen LogP contribution is -2.14. The number of benzene rings is 2. The smallest absolute Gasteiger partial charge is 0.322 e. The molecular formula is C14H8Br2F3NO. The highest BCUT2D eigenvalue weighted by atomic mass is 79.9. The molecule has 21 heavy (non-hydrogen) atoms. The maximum Gasteiger partial charge on any atom is 0.417 e. The first-order valence-corrected chi connectivity index (χ1v) is 7.30. The Morgan fingerprint density at radius 3 is 2.29 bits per heavy atom. The lowest BCUT2D eigenvalue weighted by Gasteiger charge is -2.12. The van der Waals surface area contributed by atoms with Crippen molar-refractivity contribution in [3.8, 4) is 0 Å². The van der Waals surface area contributed by atoms with Crippen molar-refractivity contribution in [1.82, 2.24) is 0 Å². The Kier molecular flexibility index (Phi) is 4.73. The fraction of sp³-hybridized carbons (Fsp3) is 0.0714. The van der Waals surface area contributed by atoms with E-state index in [-0.39, 0.29) is 10.2 Å². The molecule has 0 heterocycles. The number of halogens is 5. The second-order valence-corrected chi connectivity index (χ2v) is 5.84. The summed E-state index contributed by atoms with van der Waals surface area (Å²) in [4.78, 5) is 12.0. The van der Waals surface area contributed by atoms with E-state index in [4.69, 9.17) is 0 Å². The van der Waals surface area contributed by atoms with Crippen LogP contribution < -0.4 is 5.32 Å². The average Bonchev–Trinajstić information content (AvgIpc) is 2.40. The van der Waals surface area contributed by atoms with Crippen molar-refractivity contribution in [2.24, 2.45) is 0 Å².